The second-order valence-corrected chi connectivity index (χ2v) is 5.89. The minimum absolute atomic E-state index is 0.0532. The summed E-state index contributed by atoms with van der Waals surface area (Å²) in [6.07, 6.45) is 0. The molecule has 0 saturated carbocycles. The summed E-state index contributed by atoms with van der Waals surface area (Å²) in [7, 11) is 0. The summed E-state index contributed by atoms with van der Waals surface area (Å²) in [6.45, 7) is 6.30. The normalized spacial score (nSPS) is 12.0. The number of benzene rings is 2. The molecule has 0 radical (unpaired) electrons. The van der Waals surface area contributed by atoms with Gasteiger partial charge in [0.1, 0.15) is 0 Å². The Morgan fingerprint density at radius 3 is 2.64 bits per heavy atom. The number of rotatable bonds is 5. The van der Waals surface area contributed by atoms with Gasteiger partial charge in [0.15, 0.2) is 0 Å². The SMILES string of the molecule is Cc1cccc(NC(=O)CN[C@H](C)c2cccc(Cl)c2)c1C. The van der Waals surface area contributed by atoms with Crippen LogP contribution in [0, 0.1) is 13.8 Å². The fraction of sp³-hybridized carbons (Fsp3) is 0.278. The zero-order valence-electron chi connectivity index (χ0n) is 13.1. The van der Waals surface area contributed by atoms with Crippen molar-refractivity contribution >= 4 is 23.2 Å². The van der Waals surface area contributed by atoms with Crippen molar-refractivity contribution in [2.75, 3.05) is 11.9 Å². The predicted octanol–water partition coefficient (Wildman–Crippen LogP) is 4.25. The molecule has 116 valence electrons. The lowest BCUT2D eigenvalue weighted by molar-refractivity contribution is -0.115. The molecule has 0 spiro atoms. The van der Waals surface area contributed by atoms with Crippen molar-refractivity contribution in [3.63, 3.8) is 0 Å². The van der Waals surface area contributed by atoms with E-state index in [0.717, 1.165) is 22.4 Å². The Labute approximate surface area is 136 Å². The Balaban J connectivity index is 1.91. The minimum Gasteiger partial charge on any atom is -0.325 e. The van der Waals surface area contributed by atoms with Crippen LogP contribution in [0.25, 0.3) is 0 Å². The van der Waals surface area contributed by atoms with Gasteiger partial charge in [0, 0.05) is 16.8 Å². The topological polar surface area (TPSA) is 41.1 Å². The van der Waals surface area contributed by atoms with Crippen LogP contribution < -0.4 is 10.6 Å². The Hall–Kier alpha value is -1.84. The monoisotopic (exact) mass is 316 g/mol. The van der Waals surface area contributed by atoms with Crippen molar-refractivity contribution in [2.24, 2.45) is 0 Å². The first-order valence-electron chi connectivity index (χ1n) is 7.32. The van der Waals surface area contributed by atoms with E-state index < -0.39 is 0 Å². The number of hydrogen-bond donors (Lipinski definition) is 2. The molecule has 0 aliphatic rings. The van der Waals surface area contributed by atoms with E-state index in [1.165, 1.54) is 0 Å². The van der Waals surface area contributed by atoms with E-state index in [1.54, 1.807) is 0 Å². The number of aryl methyl sites for hydroxylation is 1. The lowest BCUT2D eigenvalue weighted by Crippen LogP contribution is -2.30. The van der Waals surface area contributed by atoms with E-state index in [2.05, 4.69) is 10.6 Å². The second kappa shape index (κ2) is 7.43. The van der Waals surface area contributed by atoms with Crippen LogP contribution in [0.5, 0.6) is 0 Å². The zero-order valence-corrected chi connectivity index (χ0v) is 13.9. The van der Waals surface area contributed by atoms with Crippen molar-refractivity contribution in [2.45, 2.75) is 26.8 Å². The Bertz CT molecular complexity index is 670. The predicted molar refractivity (Wildman–Crippen MR) is 92.4 cm³/mol. The molecule has 0 bridgehead atoms. The number of carbonyl (C=O) groups is 1. The van der Waals surface area contributed by atoms with E-state index in [9.17, 15) is 4.79 Å². The number of amides is 1. The molecular formula is C18H21ClN2O. The highest BCUT2D eigenvalue weighted by molar-refractivity contribution is 6.30. The van der Waals surface area contributed by atoms with Crippen molar-refractivity contribution in [3.05, 3.63) is 64.2 Å². The van der Waals surface area contributed by atoms with Crippen LogP contribution in [0.3, 0.4) is 0 Å². The van der Waals surface area contributed by atoms with E-state index in [0.29, 0.717) is 5.02 Å². The average molecular weight is 317 g/mol. The maximum absolute atomic E-state index is 12.1. The maximum atomic E-state index is 12.1. The summed E-state index contributed by atoms with van der Waals surface area (Å²) in [6, 6.07) is 13.6. The van der Waals surface area contributed by atoms with Crippen molar-refractivity contribution in [1.82, 2.24) is 5.32 Å². The van der Waals surface area contributed by atoms with Gasteiger partial charge >= 0.3 is 0 Å². The van der Waals surface area contributed by atoms with E-state index >= 15 is 0 Å². The molecule has 0 heterocycles. The third-order valence-electron chi connectivity index (χ3n) is 3.80. The van der Waals surface area contributed by atoms with Crippen LogP contribution >= 0.6 is 11.6 Å². The minimum atomic E-state index is -0.0532. The molecule has 0 aliphatic heterocycles. The summed E-state index contributed by atoms with van der Waals surface area (Å²) in [5.41, 5.74) is 4.19. The maximum Gasteiger partial charge on any atom is 0.238 e. The highest BCUT2D eigenvalue weighted by Crippen LogP contribution is 2.19. The Morgan fingerprint density at radius 1 is 1.18 bits per heavy atom. The molecule has 0 unspecified atom stereocenters. The highest BCUT2D eigenvalue weighted by atomic mass is 35.5. The van der Waals surface area contributed by atoms with Crippen molar-refractivity contribution in [1.29, 1.82) is 0 Å². The summed E-state index contributed by atoms with van der Waals surface area (Å²) < 4.78 is 0. The van der Waals surface area contributed by atoms with Crippen LogP contribution in [0.2, 0.25) is 5.02 Å². The molecule has 22 heavy (non-hydrogen) atoms. The highest BCUT2D eigenvalue weighted by Gasteiger charge is 2.09. The lowest BCUT2D eigenvalue weighted by atomic mass is 10.1. The standard InChI is InChI=1S/C18H21ClN2O/c1-12-6-4-9-17(13(12)2)21-18(22)11-20-14(3)15-7-5-8-16(19)10-15/h4-10,14,20H,11H2,1-3H3,(H,21,22)/t14-/m1/s1. The first-order valence-corrected chi connectivity index (χ1v) is 7.70. The van der Waals surface area contributed by atoms with Gasteiger partial charge in [0.2, 0.25) is 5.91 Å². The molecule has 2 rings (SSSR count). The molecule has 1 atom stereocenters. The summed E-state index contributed by atoms with van der Waals surface area (Å²) in [4.78, 5) is 12.1. The van der Waals surface area contributed by atoms with Crippen LogP contribution in [0.1, 0.15) is 29.7 Å². The van der Waals surface area contributed by atoms with Gasteiger partial charge in [-0.25, -0.2) is 0 Å². The number of nitrogens with one attached hydrogen (secondary N) is 2. The summed E-state index contributed by atoms with van der Waals surface area (Å²) >= 11 is 5.98. The van der Waals surface area contributed by atoms with Crippen LogP contribution in [0.4, 0.5) is 5.69 Å². The molecule has 0 aliphatic carbocycles. The molecule has 0 saturated heterocycles. The Morgan fingerprint density at radius 2 is 1.91 bits per heavy atom. The molecule has 3 nitrogen and oxygen atoms in total. The average Bonchev–Trinajstić information content (AvgIpc) is 2.49. The largest absolute Gasteiger partial charge is 0.325 e. The van der Waals surface area contributed by atoms with Gasteiger partial charge in [-0.2, -0.15) is 0 Å². The second-order valence-electron chi connectivity index (χ2n) is 5.45. The van der Waals surface area contributed by atoms with E-state index in [4.69, 9.17) is 11.6 Å². The van der Waals surface area contributed by atoms with Gasteiger partial charge in [-0.15, -0.1) is 0 Å². The smallest absolute Gasteiger partial charge is 0.238 e. The quantitative estimate of drug-likeness (QED) is 0.866. The van der Waals surface area contributed by atoms with Crippen molar-refractivity contribution < 1.29 is 4.79 Å². The number of carbonyl (C=O) groups excluding carboxylic acids is 1. The van der Waals surface area contributed by atoms with Gasteiger partial charge < -0.3 is 10.6 Å². The van der Waals surface area contributed by atoms with Gasteiger partial charge in [-0.3, -0.25) is 4.79 Å². The summed E-state index contributed by atoms with van der Waals surface area (Å²) in [5.74, 6) is -0.0532. The third-order valence-corrected chi connectivity index (χ3v) is 4.03. The fourth-order valence-electron chi connectivity index (χ4n) is 2.22. The number of anilines is 1. The van der Waals surface area contributed by atoms with Gasteiger partial charge in [-0.05, 0) is 55.7 Å². The van der Waals surface area contributed by atoms with E-state index in [1.807, 2.05) is 63.2 Å². The zero-order chi connectivity index (χ0) is 16.1. The molecule has 1 amide bonds. The number of halogens is 1. The molecular weight excluding hydrogens is 296 g/mol. The third kappa shape index (κ3) is 4.33. The first-order chi connectivity index (χ1) is 10.5. The lowest BCUT2D eigenvalue weighted by Gasteiger charge is -2.15. The van der Waals surface area contributed by atoms with E-state index in [-0.39, 0.29) is 18.5 Å². The van der Waals surface area contributed by atoms with Crippen LogP contribution in [0.15, 0.2) is 42.5 Å². The molecule has 2 aromatic carbocycles. The summed E-state index contributed by atoms with van der Waals surface area (Å²) in [5, 5.41) is 6.85. The van der Waals surface area contributed by atoms with Crippen molar-refractivity contribution in [3.8, 4) is 0 Å². The molecule has 0 fully saturated rings. The molecule has 2 N–H and O–H groups in total. The van der Waals surface area contributed by atoms with Crippen LogP contribution in [-0.4, -0.2) is 12.5 Å². The van der Waals surface area contributed by atoms with Crippen LogP contribution in [-0.2, 0) is 4.79 Å². The molecule has 4 heteroatoms. The van der Waals surface area contributed by atoms with Gasteiger partial charge in [0.05, 0.1) is 6.54 Å². The molecule has 0 aromatic heterocycles. The van der Waals surface area contributed by atoms with Gasteiger partial charge in [0.25, 0.3) is 0 Å². The first kappa shape index (κ1) is 16.5. The Kier molecular flexibility index (Phi) is 5.58. The number of hydrogen-bond acceptors (Lipinski definition) is 2. The fourth-order valence-corrected chi connectivity index (χ4v) is 2.42. The van der Waals surface area contributed by atoms with Gasteiger partial charge in [-0.1, -0.05) is 35.9 Å². The molecule has 2 aromatic rings.